The van der Waals surface area contributed by atoms with Crippen LogP contribution >= 0.6 is 23.4 Å². The van der Waals surface area contributed by atoms with Crippen molar-refractivity contribution >= 4 is 35.0 Å². The van der Waals surface area contributed by atoms with Crippen LogP contribution in [0.5, 0.6) is 0 Å². The van der Waals surface area contributed by atoms with Gasteiger partial charge in [-0.15, -0.1) is 11.8 Å². The van der Waals surface area contributed by atoms with Crippen LogP contribution in [0.25, 0.3) is 0 Å². The van der Waals surface area contributed by atoms with Gasteiger partial charge in [0.15, 0.2) is 0 Å². The van der Waals surface area contributed by atoms with Gasteiger partial charge in [-0.2, -0.15) is 0 Å². The van der Waals surface area contributed by atoms with E-state index < -0.39 is 0 Å². The van der Waals surface area contributed by atoms with Gasteiger partial charge in [0, 0.05) is 40.2 Å². The number of carbonyl (C=O) groups excluding carboxylic acids is 1. The predicted octanol–water partition coefficient (Wildman–Crippen LogP) is 5.60. The minimum Gasteiger partial charge on any atom is -0.326 e. The van der Waals surface area contributed by atoms with E-state index in [4.69, 9.17) is 11.6 Å². The Morgan fingerprint density at radius 3 is 2.46 bits per heavy atom. The molecule has 0 aliphatic carbocycles. The van der Waals surface area contributed by atoms with Crippen LogP contribution < -0.4 is 5.32 Å². The van der Waals surface area contributed by atoms with Crippen molar-refractivity contribution in [3.8, 4) is 0 Å². The van der Waals surface area contributed by atoms with Crippen LogP contribution in [0.3, 0.4) is 0 Å². The van der Waals surface area contributed by atoms with Crippen LogP contribution in [0, 0.1) is 0 Å². The Bertz CT molecular complexity index is 836. The van der Waals surface area contributed by atoms with Crippen LogP contribution in [0.15, 0.2) is 78.0 Å². The topological polar surface area (TPSA) is 42.0 Å². The molecule has 26 heavy (non-hydrogen) atoms. The lowest BCUT2D eigenvalue weighted by molar-refractivity contribution is -0.116. The molecule has 0 atom stereocenters. The molecule has 2 aromatic carbocycles. The van der Waals surface area contributed by atoms with Crippen molar-refractivity contribution < 1.29 is 4.79 Å². The lowest BCUT2D eigenvalue weighted by atomic mass is 10.1. The van der Waals surface area contributed by atoms with Gasteiger partial charge in [-0.3, -0.25) is 9.78 Å². The number of benzene rings is 2. The molecule has 0 spiro atoms. The SMILES string of the molecule is O=C(CCc1ccc(Cl)cc1)Nc1ccc(SCc2cccnc2)cc1. The average molecular weight is 383 g/mol. The van der Waals surface area contributed by atoms with Crippen LogP contribution in [-0.2, 0) is 17.0 Å². The third kappa shape index (κ3) is 5.90. The van der Waals surface area contributed by atoms with E-state index >= 15 is 0 Å². The molecule has 0 saturated heterocycles. The van der Waals surface area contributed by atoms with Gasteiger partial charge < -0.3 is 5.32 Å². The van der Waals surface area contributed by atoms with Crippen molar-refractivity contribution in [1.82, 2.24) is 4.98 Å². The summed E-state index contributed by atoms with van der Waals surface area (Å²) in [4.78, 5) is 17.4. The van der Waals surface area contributed by atoms with Crippen molar-refractivity contribution in [3.05, 3.63) is 89.2 Å². The Morgan fingerprint density at radius 2 is 1.77 bits per heavy atom. The van der Waals surface area contributed by atoms with Crippen molar-refractivity contribution in [2.75, 3.05) is 5.32 Å². The number of carbonyl (C=O) groups is 1. The number of nitrogens with one attached hydrogen (secondary N) is 1. The van der Waals surface area contributed by atoms with E-state index in [0.717, 1.165) is 21.9 Å². The monoisotopic (exact) mass is 382 g/mol. The Labute approximate surface area is 162 Å². The van der Waals surface area contributed by atoms with Gasteiger partial charge in [0.1, 0.15) is 0 Å². The van der Waals surface area contributed by atoms with Crippen LogP contribution in [0.2, 0.25) is 5.02 Å². The molecule has 3 aromatic rings. The maximum absolute atomic E-state index is 12.1. The van der Waals surface area contributed by atoms with Crippen LogP contribution in [-0.4, -0.2) is 10.9 Å². The molecule has 1 N–H and O–H groups in total. The second kappa shape index (κ2) is 9.41. The first-order valence-electron chi connectivity index (χ1n) is 8.35. The fourth-order valence-electron chi connectivity index (χ4n) is 2.42. The number of rotatable bonds is 7. The molecule has 0 radical (unpaired) electrons. The number of pyridine rings is 1. The Kier molecular flexibility index (Phi) is 6.69. The van der Waals surface area contributed by atoms with Gasteiger partial charge in [-0.25, -0.2) is 0 Å². The van der Waals surface area contributed by atoms with E-state index in [1.807, 2.05) is 60.8 Å². The first kappa shape index (κ1) is 18.5. The van der Waals surface area contributed by atoms with E-state index in [-0.39, 0.29) is 5.91 Å². The van der Waals surface area contributed by atoms with Gasteiger partial charge in [0.25, 0.3) is 0 Å². The summed E-state index contributed by atoms with van der Waals surface area (Å²) in [6, 6.07) is 19.5. The van der Waals surface area contributed by atoms with E-state index in [0.29, 0.717) is 17.9 Å². The van der Waals surface area contributed by atoms with Crippen molar-refractivity contribution in [2.24, 2.45) is 0 Å². The summed E-state index contributed by atoms with van der Waals surface area (Å²) in [5.74, 6) is 0.886. The smallest absolute Gasteiger partial charge is 0.224 e. The molecule has 1 aromatic heterocycles. The van der Waals surface area contributed by atoms with E-state index in [2.05, 4.69) is 16.4 Å². The van der Waals surface area contributed by atoms with Gasteiger partial charge >= 0.3 is 0 Å². The molecule has 1 amide bonds. The number of hydrogen-bond acceptors (Lipinski definition) is 3. The van der Waals surface area contributed by atoms with Gasteiger partial charge in [-0.05, 0) is 60.0 Å². The summed E-state index contributed by atoms with van der Waals surface area (Å²) in [6.45, 7) is 0. The zero-order valence-corrected chi connectivity index (χ0v) is 15.8. The molecule has 5 heteroatoms. The first-order valence-corrected chi connectivity index (χ1v) is 9.71. The second-order valence-corrected chi connectivity index (χ2v) is 7.33. The molecular weight excluding hydrogens is 364 g/mol. The molecular formula is C21H19ClN2OS. The fraction of sp³-hybridized carbons (Fsp3) is 0.143. The average Bonchev–Trinajstić information content (AvgIpc) is 2.68. The maximum Gasteiger partial charge on any atom is 0.224 e. The Balaban J connectivity index is 1.45. The molecule has 3 rings (SSSR count). The number of anilines is 1. The highest BCUT2D eigenvalue weighted by Crippen LogP contribution is 2.24. The fourth-order valence-corrected chi connectivity index (χ4v) is 3.38. The van der Waals surface area contributed by atoms with E-state index in [1.54, 1.807) is 18.0 Å². The number of aryl methyl sites for hydroxylation is 1. The van der Waals surface area contributed by atoms with Gasteiger partial charge in [-0.1, -0.05) is 29.8 Å². The quantitative estimate of drug-likeness (QED) is 0.541. The third-order valence-electron chi connectivity index (χ3n) is 3.82. The highest BCUT2D eigenvalue weighted by molar-refractivity contribution is 7.98. The van der Waals surface area contributed by atoms with E-state index in [1.165, 1.54) is 5.56 Å². The van der Waals surface area contributed by atoms with Gasteiger partial charge in [0.2, 0.25) is 5.91 Å². The normalized spacial score (nSPS) is 10.5. The summed E-state index contributed by atoms with van der Waals surface area (Å²) < 4.78 is 0. The summed E-state index contributed by atoms with van der Waals surface area (Å²) >= 11 is 7.61. The molecule has 0 aliphatic heterocycles. The zero-order chi connectivity index (χ0) is 18.2. The highest BCUT2D eigenvalue weighted by Gasteiger charge is 2.04. The summed E-state index contributed by atoms with van der Waals surface area (Å²) in [7, 11) is 0. The van der Waals surface area contributed by atoms with Crippen LogP contribution in [0.1, 0.15) is 17.5 Å². The lowest BCUT2D eigenvalue weighted by Gasteiger charge is -2.07. The third-order valence-corrected chi connectivity index (χ3v) is 5.16. The Morgan fingerprint density at radius 1 is 1.00 bits per heavy atom. The van der Waals surface area contributed by atoms with E-state index in [9.17, 15) is 4.79 Å². The predicted molar refractivity (Wildman–Crippen MR) is 109 cm³/mol. The summed E-state index contributed by atoms with van der Waals surface area (Å²) in [6.07, 6.45) is 4.79. The number of hydrogen-bond donors (Lipinski definition) is 1. The number of amides is 1. The van der Waals surface area contributed by atoms with Crippen molar-refractivity contribution in [1.29, 1.82) is 0 Å². The second-order valence-electron chi connectivity index (χ2n) is 5.85. The highest BCUT2D eigenvalue weighted by atomic mass is 35.5. The van der Waals surface area contributed by atoms with Crippen molar-refractivity contribution in [2.45, 2.75) is 23.5 Å². The number of thioether (sulfide) groups is 1. The first-order chi connectivity index (χ1) is 12.7. The van der Waals surface area contributed by atoms with Crippen LogP contribution in [0.4, 0.5) is 5.69 Å². The maximum atomic E-state index is 12.1. The zero-order valence-electron chi connectivity index (χ0n) is 14.2. The summed E-state index contributed by atoms with van der Waals surface area (Å²) in [5.41, 5.74) is 3.11. The molecule has 0 aliphatic rings. The largest absolute Gasteiger partial charge is 0.326 e. The summed E-state index contributed by atoms with van der Waals surface area (Å²) in [5, 5.41) is 3.65. The molecule has 0 fully saturated rings. The molecule has 1 heterocycles. The number of aromatic nitrogens is 1. The standard InChI is InChI=1S/C21H19ClN2OS/c22-18-6-3-16(4-7-18)5-12-21(25)24-19-8-10-20(11-9-19)26-15-17-2-1-13-23-14-17/h1-4,6-11,13-14H,5,12,15H2,(H,24,25). The number of nitrogens with zero attached hydrogens (tertiary/aromatic N) is 1. The van der Waals surface area contributed by atoms with Crippen molar-refractivity contribution in [3.63, 3.8) is 0 Å². The van der Waals surface area contributed by atoms with Gasteiger partial charge in [0.05, 0.1) is 0 Å². The molecule has 132 valence electrons. The molecule has 3 nitrogen and oxygen atoms in total. The minimum absolute atomic E-state index is 0.00992. The lowest BCUT2D eigenvalue weighted by Crippen LogP contribution is -2.12. The molecule has 0 saturated carbocycles. The molecule has 0 bridgehead atoms. The molecule has 0 unspecified atom stereocenters. The number of halogens is 1. The Hall–Kier alpha value is -2.30. The minimum atomic E-state index is 0.00992.